The number of ether oxygens (including phenoxy) is 1. The second kappa shape index (κ2) is 4.45. The molecule has 0 bridgehead atoms. The first-order chi connectivity index (χ1) is 4.59. The number of alkyl halides is 1. The van der Waals surface area contributed by atoms with Crippen molar-refractivity contribution in [1.82, 2.24) is 0 Å². The van der Waals surface area contributed by atoms with Crippen LogP contribution in [0.2, 0.25) is 0 Å². The zero-order chi connectivity index (χ0) is 8.15. The summed E-state index contributed by atoms with van der Waals surface area (Å²) in [4.78, 5) is 10.4. The van der Waals surface area contributed by atoms with Crippen LogP contribution in [-0.4, -0.2) is 25.2 Å². The Morgan fingerprint density at radius 1 is 1.80 bits per heavy atom. The highest BCUT2D eigenvalue weighted by Gasteiger charge is 2.21. The van der Waals surface area contributed by atoms with E-state index in [1.165, 1.54) is 6.66 Å². The molecule has 0 heterocycles. The molecule has 0 aromatic carbocycles. The second-order valence-electron chi connectivity index (χ2n) is 1.73. The summed E-state index contributed by atoms with van der Waals surface area (Å²) >= 11 is 0. The maximum Gasteiger partial charge on any atom is 0.348 e. The first-order valence-electron chi connectivity index (χ1n) is 2.90. The lowest BCUT2D eigenvalue weighted by Crippen LogP contribution is -2.14. The lowest BCUT2D eigenvalue weighted by molar-refractivity contribution is -0.145. The number of rotatable bonds is 3. The van der Waals surface area contributed by atoms with Crippen LogP contribution in [0.15, 0.2) is 0 Å². The average molecular weight is 168 g/mol. The average Bonchev–Trinajstić information content (AvgIpc) is 1.87. The molecule has 0 N–H and O–H groups in total. The van der Waals surface area contributed by atoms with Gasteiger partial charge in [0.05, 0.1) is 6.61 Å². The summed E-state index contributed by atoms with van der Waals surface area (Å²) in [5, 5.41) is 0. The zero-order valence-electron chi connectivity index (χ0n) is 5.89. The second-order valence-corrected chi connectivity index (χ2v) is 3.45. The molecule has 10 heavy (non-hydrogen) atoms. The van der Waals surface area contributed by atoms with Crippen molar-refractivity contribution in [1.29, 1.82) is 0 Å². The van der Waals surface area contributed by atoms with Crippen molar-refractivity contribution in [3.05, 3.63) is 0 Å². The van der Waals surface area contributed by atoms with Gasteiger partial charge >= 0.3 is 5.97 Å². The van der Waals surface area contributed by atoms with Gasteiger partial charge < -0.3 is 9.30 Å². The minimum atomic E-state index is -2.42. The van der Waals surface area contributed by atoms with Crippen LogP contribution in [0.5, 0.6) is 0 Å². The van der Waals surface area contributed by atoms with Crippen LogP contribution in [0.25, 0.3) is 0 Å². The molecule has 2 atom stereocenters. The van der Waals surface area contributed by atoms with Crippen molar-refractivity contribution in [2.75, 3.05) is 13.3 Å². The van der Waals surface area contributed by atoms with E-state index in [2.05, 4.69) is 4.74 Å². The minimum Gasteiger partial charge on any atom is -0.463 e. The van der Waals surface area contributed by atoms with E-state index in [-0.39, 0.29) is 6.61 Å². The highest BCUT2D eigenvalue weighted by Crippen LogP contribution is 2.24. The van der Waals surface area contributed by atoms with Crippen LogP contribution in [0.3, 0.4) is 0 Å². The van der Waals surface area contributed by atoms with Gasteiger partial charge in [-0.3, -0.25) is 0 Å². The molecule has 2 unspecified atom stereocenters. The van der Waals surface area contributed by atoms with E-state index in [0.29, 0.717) is 0 Å². The molecule has 3 nitrogen and oxygen atoms in total. The van der Waals surface area contributed by atoms with Gasteiger partial charge in [-0.2, -0.15) is 0 Å². The smallest absolute Gasteiger partial charge is 0.348 e. The van der Waals surface area contributed by atoms with Crippen LogP contribution < -0.4 is 0 Å². The van der Waals surface area contributed by atoms with Gasteiger partial charge in [0.15, 0.2) is 0 Å². The van der Waals surface area contributed by atoms with Gasteiger partial charge in [0, 0.05) is 0 Å². The van der Waals surface area contributed by atoms with Gasteiger partial charge in [0.25, 0.3) is 0 Å². The highest BCUT2D eigenvalue weighted by atomic mass is 31.1. The van der Waals surface area contributed by atoms with Crippen LogP contribution in [0, 0.1) is 0 Å². The standard InChI is InChI=1S/C5H10FO3P/c1-3-9-5(7)4(6)10(2)8/h4,10H,3H2,1-2H3. The maximum atomic E-state index is 12.4. The zero-order valence-corrected chi connectivity index (χ0v) is 6.89. The number of halogens is 1. The number of carbonyl (C=O) groups excluding carboxylic acids is 1. The summed E-state index contributed by atoms with van der Waals surface area (Å²) < 4.78 is 27.0. The van der Waals surface area contributed by atoms with Gasteiger partial charge in [0.2, 0.25) is 5.91 Å². The molecule has 0 spiro atoms. The molecule has 0 radical (unpaired) electrons. The molecular weight excluding hydrogens is 158 g/mol. The monoisotopic (exact) mass is 168 g/mol. The SMILES string of the molecule is CCOC(=O)C(F)[PH](C)=O. The summed E-state index contributed by atoms with van der Waals surface area (Å²) in [5.74, 6) is -2.95. The third-order valence-electron chi connectivity index (χ3n) is 0.850. The third-order valence-corrected chi connectivity index (χ3v) is 1.80. The molecule has 60 valence electrons. The molecule has 0 aliphatic rings. The van der Waals surface area contributed by atoms with E-state index >= 15 is 0 Å². The minimum absolute atomic E-state index is 0.119. The number of carbonyl (C=O) groups is 1. The van der Waals surface area contributed by atoms with Crippen molar-refractivity contribution >= 4 is 13.8 Å². The van der Waals surface area contributed by atoms with E-state index in [4.69, 9.17) is 0 Å². The molecule has 0 rings (SSSR count). The van der Waals surface area contributed by atoms with Gasteiger partial charge in [-0.25, -0.2) is 9.18 Å². The Morgan fingerprint density at radius 2 is 2.30 bits per heavy atom. The summed E-state index contributed by atoms with van der Waals surface area (Å²) in [6.07, 6.45) is 0. The van der Waals surface area contributed by atoms with Gasteiger partial charge in [0.1, 0.15) is 7.80 Å². The first kappa shape index (κ1) is 9.63. The van der Waals surface area contributed by atoms with E-state index in [1.807, 2.05) is 0 Å². The summed E-state index contributed by atoms with van der Waals surface area (Å²) in [6, 6.07) is 0. The lowest BCUT2D eigenvalue weighted by Gasteiger charge is -2.02. The molecule has 0 saturated heterocycles. The van der Waals surface area contributed by atoms with Crippen LogP contribution >= 0.6 is 7.80 Å². The van der Waals surface area contributed by atoms with Gasteiger partial charge in [-0.1, -0.05) is 0 Å². The van der Waals surface area contributed by atoms with E-state index in [0.717, 1.165) is 0 Å². The van der Waals surface area contributed by atoms with Crippen molar-refractivity contribution < 1.29 is 18.5 Å². The fourth-order valence-corrected chi connectivity index (χ4v) is 0.797. The van der Waals surface area contributed by atoms with Gasteiger partial charge in [-0.15, -0.1) is 0 Å². The Morgan fingerprint density at radius 3 is 2.60 bits per heavy atom. The molecule has 0 amide bonds. The first-order valence-corrected chi connectivity index (χ1v) is 4.89. The fraction of sp³-hybridized carbons (Fsp3) is 0.800. The highest BCUT2D eigenvalue weighted by molar-refractivity contribution is 7.45. The molecule has 0 aliphatic heterocycles. The quantitative estimate of drug-likeness (QED) is 0.467. The summed E-state index contributed by atoms with van der Waals surface area (Å²) in [6.45, 7) is 2.87. The van der Waals surface area contributed by atoms with Crippen molar-refractivity contribution in [3.63, 3.8) is 0 Å². The topological polar surface area (TPSA) is 43.4 Å². The number of hydrogen-bond acceptors (Lipinski definition) is 3. The Balaban J connectivity index is 3.82. The van der Waals surface area contributed by atoms with Crippen LogP contribution in [0.1, 0.15) is 6.92 Å². The molecule has 0 fully saturated rings. The van der Waals surface area contributed by atoms with E-state index in [9.17, 15) is 13.8 Å². The predicted molar refractivity (Wildman–Crippen MR) is 36.5 cm³/mol. The third kappa shape index (κ3) is 2.97. The Hall–Kier alpha value is -0.370. The Labute approximate surface area is 59.3 Å². The van der Waals surface area contributed by atoms with Crippen molar-refractivity contribution in [2.24, 2.45) is 0 Å². The van der Waals surface area contributed by atoms with E-state index in [1.54, 1.807) is 6.92 Å². The molecule has 0 saturated carbocycles. The number of hydrogen-bond donors (Lipinski definition) is 0. The molecule has 5 heteroatoms. The fourth-order valence-electron chi connectivity index (χ4n) is 0.381. The maximum absolute atomic E-state index is 12.4. The van der Waals surface area contributed by atoms with E-state index < -0.39 is 19.7 Å². The van der Waals surface area contributed by atoms with Crippen LogP contribution in [-0.2, 0) is 14.1 Å². The summed E-state index contributed by atoms with van der Waals surface area (Å²) in [7, 11) is -2.42. The lowest BCUT2D eigenvalue weighted by atomic mass is 10.7. The summed E-state index contributed by atoms with van der Waals surface area (Å²) in [5.41, 5.74) is 0. The van der Waals surface area contributed by atoms with Gasteiger partial charge in [-0.05, 0) is 13.6 Å². The molecule has 0 aliphatic carbocycles. The molecular formula is C5H10FO3P. The Kier molecular flexibility index (Phi) is 4.28. The predicted octanol–water partition coefficient (Wildman–Crippen LogP) is 1.03. The Bertz CT molecular complexity index is 148. The number of esters is 1. The normalized spacial score (nSPS) is 15.9. The van der Waals surface area contributed by atoms with Crippen molar-refractivity contribution in [3.8, 4) is 0 Å². The molecule has 0 aromatic heterocycles. The van der Waals surface area contributed by atoms with Crippen molar-refractivity contribution in [2.45, 2.75) is 12.8 Å². The van der Waals surface area contributed by atoms with Crippen LogP contribution in [0.4, 0.5) is 4.39 Å². The molecule has 0 aromatic rings. The largest absolute Gasteiger partial charge is 0.463 e.